The lowest BCUT2D eigenvalue weighted by molar-refractivity contribution is 0.261. The van der Waals surface area contributed by atoms with Crippen LogP contribution in [-0.2, 0) is 0 Å². The first kappa shape index (κ1) is 14.6. The van der Waals surface area contributed by atoms with E-state index in [1.807, 2.05) is 16.8 Å². The first-order valence-corrected chi connectivity index (χ1v) is 7.71. The van der Waals surface area contributed by atoms with E-state index >= 15 is 0 Å². The molecule has 0 bridgehead atoms. The van der Waals surface area contributed by atoms with Crippen molar-refractivity contribution in [2.75, 3.05) is 10.6 Å². The molecule has 2 amide bonds. The Labute approximate surface area is 129 Å². The second kappa shape index (κ2) is 5.82. The molecule has 2 aromatic heterocycles. The predicted octanol–water partition coefficient (Wildman–Crippen LogP) is 3.34. The fourth-order valence-corrected chi connectivity index (χ4v) is 2.48. The second-order valence-electron chi connectivity index (χ2n) is 6.18. The van der Waals surface area contributed by atoms with Crippen LogP contribution in [0.3, 0.4) is 0 Å². The molecule has 0 unspecified atom stereocenters. The van der Waals surface area contributed by atoms with Gasteiger partial charge in [0.05, 0.1) is 12.2 Å². The Morgan fingerprint density at radius 2 is 2.14 bits per heavy atom. The van der Waals surface area contributed by atoms with E-state index in [4.69, 9.17) is 0 Å². The Morgan fingerprint density at radius 3 is 2.77 bits per heavy atom. The molecule has 2 heterocycles. The van der Waals surface area contributed by atoms with Crippen LogP contribution in [0.25, 0.3) is 0 Å². The molecule has 0 spiro atoms. The Bertz CT molecular complexity index is 655. The number of carbonyl (C=O) groups excluding carboxylic acids is 1. The van der Waals surface area contributed by atoms with Crippen LogP contribution in [0.5, 0.6) is 0 Å². The summed E-state index contributed by atoms with van der Waals surface area (Å²) in [6.45, 7) is 6.26. The van der Waals surface area contributed by atoms with Gasteiger partial charge in [-0.15, -0.1) is 0 Å². The first-order chi connectivity index (χ1) is 10.5. The largest absolute Gasteiger partial charge is 0.326 e. The van der Waals surface area contributed by atoms with E-state index in [1.54, 1.807) is 6.20 Å². The highest BCUT2D eigenvalue weighted by Gasteiger charge is 2.30. The highest BCUT2D eigenvalue weighted by atomic mass is 16.2. The van der Waals surface area contributed by atoms with Crippen LogP contribution < -0.4 is 10.6 Å². The smallest absolute Gasteiger partial charge is 0.292 e. The molecule has 2 aromatic rings. The molecule has 7 heteroatoms. The van der Waals surface area contributed by atoms with Gasteiger partial charge in [-0.05, 0) is 31.6 Å². The average molecular weight is 302 g/mol. The van der Waals surface area contributed by atoms with Crippen molar-refractivity contribution >= 4 is 17.7 Å². The molecule has 1 fully saturated rings. The number of amides is 2. The van der Waals surface area contributed by atoms with Crippen LogP contribution in [0.15, 0.2) is 18.3 Å². The topological polar surface area (TPSA) is 87.6 Å². The number of carbonyl (C=O) groups is 1. The van der Waals surface area contributed by atoms with Crippen molar-refractivity contribution in [1.82, 2.24) is 20.0 Å². The molecule has 1 atom stereocenters. The van der Waals surface area contributed by atoms with Gasteiger partial charge < -0.3 is 0 Å². The molecule has 0 saturated heterocycles. The summed E-state index contributed by atoms with van der Waals surface area (Å²) >= 11 is 0. The van der Waals surface area contributed by atoms with Crippen LogP contribution in [-0.4, -0.2) is 26.0 Å². The second-order valence-corrected chi connectivity index (χ2v) is 6.18. The third-order valence-electron chi connectivity index (χ3n) is 4.06. The maximum absolute atomic E-state index is 12.1. The van der Waals surface area contributed by atoms with Gasteiger partial charge in [-0.3, -0.25) is 15.7 Å². The van der Waals surface area contributed by atoms with Crippen molar-refractivity contribution in [2.24, 2.45) is 5.92 Å². The van der Waals surface area contributed by atoms with Gasteiger partial charge in [0.25, 0.3) is 0 Å². The van der Waals surface area contributed by atoms with E-state index in [-0.39, 0.29) is 6.03 Å². The molecule has 1 aliphatic rings. The Hall–Kier alpha value is -2.31. The number of H-pyrrole nitrogens is 1. The predicted molar refractivity (Wildman–Crippen MR) is 85.0 cm³/mol. The number of anilines is 2. The molecule has 0 aromatic carbocycles. The summed E-state index contributed by atoms with van der Waals surface area (Å²) in [5.74, 6) is 2.23. The normalized spacial score (nSPS) is 15.8. The summed E-state index contributed by atoms with van der Waals surface area (Å²) in [6, 6.07) is 3.64. The third kappa shape index (κ3) is 3.13. The highest BCUT2D eigenvalue weighted by molar-refractivity contribution is 5.98. The lowest BCUT2D eigenvalue weighted by Gasteiger charge is -2.15. The van der Waals surface area contributed by atoms with Crippen molar-refractivity contribution < 1.29 is 4.79 Å². The minimum atomic E-state index is -0.313. The molecule has 3 N–H and O–H groups in total. The zero-order chi connectivity index (χ0) is 15.7. The molecular weight excluding hydrogens is 280 g/mol. The molecule has 1 aliphatic carbocycles. The van der Waals surface area contributed by atoms with Gasteiger partial charge in [0.1, 0.15) is 5.82 Å². The van der Waals surface area contributed by atoms with Crippen LogP contribution in [0.2, 0.25) is 0 Å². The van der Waals surface area contributed by atoms with E-state index in [0.717, 1.165) is 5.69 Å². The monoisotopic (exact) mass is 302 g/mol. The van der Waals surface area contributed by atoms with Gasteiger partial charge in [0.2, 0.25) is 0 Å². The van der Waals surface area contributed by atoms with Crippen molar-refractivity contribution in [2.45, 2.75) is 45.6 Å². The van der Waals surface area contributed by atoms with Crippen LogP contribution in [0.1, 0.15) is 51.3 Å². The number of urea groups is 1. The van der Waals surface area contributed by atoms with Gasteiger partial charge in [-0.1, -0.05) is 13.8 Å². The molecule has 3 rings (SSSR count). The standard InChI is InChI=1S/C15H22N6O/c1-9(2)12-8-13(20-19-12)17-15(22)18-14-6-7-16-21(14)10(3)11-4-5-11/h6-11H,4-5H2,1-3H3,(H3,17,18,19,20,22)/t10-/m1/s1. The number of hydrogen-bond donors (Lipinski definition) is 3. The Kier molecular flexibility index (Phi) is 3.87. The van der Waals surface area contributed by atoms with E-state index in [0.29, 0.717) is 29.5 Å². The third-order valence-corrected chi connectivity index (χ3v) is 4.06. The number of aromatic nitrogens is 4. The number of hydrogen-bond acceptors (Lipinski definition) is 3. The number of nitrogens with zero attached hydrogens (tertiary/aromatic N) is 3. The van der Waals surface area contributed by atoms with E-state index < -0.39 is 0 Å². The Morgan fingerprint density at radius 1 is 1.36 bits per heavy atom. The SMILES string of the molecule is CC(C)c1cc(NC(=O)Nc2ccnn2[C@H](C)C2CC2)n[nH]1. The first-order valence-electron chi connectivity index (χ1n) is 7.71. The quantitative estimate of drug-likeness (QED) is 0.791. The van der Waals surface area contributed by atoms with Crippen LogP contribution in [0.4, 0.5) is 16.4 Å². The molecular formula is C15H22N6O. The fourth-order valence-electron chi connectivity index (χ4n) is 2.48. The summed E-state index contributed by atoms with van der Waals surface area (Å²) in [4.78, 5) is 12.1. The molecule has 22 heavy (non-hydrogen) atoms. The number of nitrogens with one attached hydrogen (secondary N) is 3. The van der Waals surface area contributed by atoms with E-state index in [9.17, 15) is 4.79 Å². The summed E-state index contributed by atoms with van der Waals surface area (Å²) < 4.78 is 1.88. The zero-order valence-electron chi connectivity index (χ0n) is 13.1. The van der Waals surface area contributed by atoms with Gasteiger partial charge >= 0.3 is 6.03 Å². The number of aromatic amines is 1. The average Bonchev–Trinajstić information content (AvgIpc) is 3.04. The minimum Gasteiger partial charge on any atom is -0.292 e. The van der Waals surface area contributed by atoms with E-state index in [2.05, 4.69) is 46.7 Å². The van der Waals surface area contributed by atoms with E-state index in [1.165, 1.54) is 12.8 Å². The number of rotatable bonds is 5. The lowest BCUT2D eigenvalue weighted by Crippen LogP contribution is -2.23. The van der Waals surface area contributed by atoms with Crippen molar-refractivity contribution in [3.05, 3.63) is 24.0 Å². The van der Waals surface area contributed by atoms with Crippen LogP contribution in [0, 0.1) is 5.92 Å². The van der Waals surface area contributed by atoms with Crippen molar-refractivity contribution in [1.29, 1.82) is 0 Å². The molecule has 118 valence electrons. The maximum atomic E-state index is 12.1. The zero-order valence-corrected chi connectivity index (χ0v) is 13.1. The van der Waals surface area contributed by atoms with Gasteiger partial charge in [0, 0.05) is 17.8 Å². The summed E-state index contributed by atoms with van der Waals surface area (Å²) in [7, 11) is 0. The molecule has 0 radical (unpaired) electrons. The van der Waals surface area contributed by atoms with Gasteiger partial charge in [-0.25, -0.2) is 9.48 Å². The Balaban J connectivity index is 1.63. The molecule has 0 aliphatic heterocycles. The highest BCUT2D eigenvalue weighted by Crippen LogP contribution is 2.40. The molecule has 7 nitrogen and oxygen atoms in total. The minimum absolute atomic E-state index is 0.309. The van der Waals surface area contributed by atoms with Crippen molar-refractivity contribution in [3.63, 3.8) is 0 Å². The summed E-state index contributed by atoms with van der Waals surface area (Å²) in [5, 5.41) is 16.9. The van der Waals surface area contributed by atoms with Gasteiger partial charge in [-0.2, -0.15) is 10.2 Å². The fraction of sp³-hybridized carbons (Fsp3) is 0.533. The molecule has 1 saturated carbocycles. The lowest BCUT2D eigenvalue weighted by atomic mass is 10.1. The van der Waals surface area contributed by atoms with Crippen LogP contribution >= 0.6 is 0 Å². The van der Waals surface area contributed by atoms with Gasteiger partial charge in [0.15, 0.2) is 5.82 Å². The van der Waals surface area contributed by atoms with Crippen molar-refractivity contribution in [3.8, 4) is 0 Å². The summed E-state index contributed by atoms with van der Waals surface area (Å²) in [5.41, 5.74) is 0.989. The summed E-state index contributed by atoms with van der Waals surface area (Å²) in [6.07, 6.45) is 4.18. The maximum Gasteiger partial charge on any atom is 0.326 e.